The lowest BCUT2D eigenvalue weighted by atomic mass is 10.2. The molecule has 21 heavy (non-hydrogen) atoms. The number of nitrogens with zero attached hydrogens (tertiary/aromatic N) is 3. The summed E-state index contributed by atoms with van der Waals surface area (Å²) in [4.78, 5) is 20.6. The van der Waals surface area contributed by atoms with Crippen molar-refractivity contribution in [1.82, 2.24) is 9.78 Å². The molecule has 0 unspecified atom stereocenters. The lowest BCUT2D eigenvalue weighted by Gasteiger charge is -2.06. The molecule has 2 rings (SSSR count). The minimum Gasteiger partial charge on any atom is -0.476 e. The van der Waals surface area contributed by atoms with Gasteiger partial charge in [-0.2, -0.15) is 5.10 Å². The van der Waals surface area contributed by atoms with Crippen molar-refractivity contribution in [3.63, 3.8) is 0 Å². The van der Waals surface area contributed by atoms with Gasteiger partial charge in [-0.25, -0.2) is 13.6 Å². The van der Waals surface area contributed by atoms with Crippen LogP contribution < -0.4 is 0 Å². The lowest BCUT2D eigenvalue weighted by molar-refractivity contribution is -0.385. The summed E-state index contributed by atoms with van der Waals surface area (Å²) in [7, 11) is 0. The molecule has 0 bridgehead atoms. The smallest absolute Gasteiger partial charge is 0.363 e. The van der Waals surface area contributed by atoms with Crippen molar-refractivity contribution in [3.8, 4) is 0 Å². The number of benzene rings is 1. The number of halogens is 3. The van der Waals surface area contributed by atoms with Crippen LogP contribution in [-0.4, -0.2) is 25.8 Å². The van der Waals surface area contributed by atoms with Crippen molar-refractivity contribution in [2.75, 3.05) is 0 Å². The van der Waals surface area contributed by atoms with Crippen LogP contribution in [0.4, 0.5) is 14.5 Å². The normalized spacial score (nSPS) is 10.6. The summed E-state index contributed by atoms with van der Waals surface area (Å²) in [6.07, 6.45) is 0.809. The van der Waals surface area contributed by atoms with Gasteiger partial charge in [0.15, 0.2) is 0 Å². The Kier molecular flexibility index (Phi) is 3.98. The van der Waals surface area contributed by atoms with Crippen molar-refractivity contribution in [2.45, 2.75) is 6.54 Å². The summed E-state index contributed by atoms with van der Waals surface area (Å²) in [5.74, 6) is -3.36. The maximum Gasteiger partial charge on any atom is 0.363 e. The van der Waals surface area contributed by atoms with E-state index in [1.54, 1.807) is 0 Å². The van der Waals surface area contributed by atoms with Crippen molar-refractivity contribution >= 4 is 27.6 Å². The summed E-state index contributed by atoms with van der Waals surface area (Å²) in [6, 6.07) is 2.18. The summed E-state index contributed by atoms with van der Waals surface area (Å²) in [5.41, 5.74) is -1.94. The Hall–Kier alpha value is -2.36. The molecule has 10 heteroatoms. The van der Waals surface area contributed by atoms with Crippen LogP contribution in [0.1, 0.15) is 16.1 Å². The standard InChI is InChI=1S/C11H6BrF2N3O4/c12-6-1-2-7(13)5(9(6)14)3-16-4-8(17(20)21)10(15-16)11(18)19/h1-2,4H,3H2,(H,18,19). The first-order chi connectivity index (χ1) is 9.81. The number of hydrogen-bond donors (Lipinski definition) is 1. The van der Waals surface area contributed by atoms with E-state index in [-0.39, 0.29) is 4.47 Å². The number of nitro groups is 1. The van der Waals surface area contributed by atoms with Crippen LogP contribution in [0.5, 0.6) is 0 Å². The molecule has 7 nitrogen and oxygen atoms in total. The number of carboxylic acid groups (broad SMARTS) is 1. The summed E-state index contributed by atoms with van der Waals surface area (Å²) in [6.45, 7) is -0.481. The van der Waals surface area contributed by atoms with Crippen LogP contribution in [0.3, 0.4) is 0 Å². The van der Waals surface area contributed by atoms with Gasteiger partial charge < -0.3 is 5.11 Å². The highest BCUT2D eigenvalue weighted by Crippen LogP contribution is 2.23. The second-order valence-corrected chi connectivity index (χ2v) is 4.80. The number of hydrogen-bond acceptors (Lipinski definition) is 4. The molecular weight excluding hydrogens is 356 g/mol. The first-order valence-electron chi connectivity index (χ1n) is 5.38. The third-order valence-electron chi connectivity index (χ3n) is 2.60. The van der Waals surface area contributed by atoms with Crippen LogP contribution in [-0.2, 0) is 6.54 Å². The molecule has 0 aliphatic carbocycles. The Morgan fingerprint density at radius 2 is 2.14 bits per heavy atom. The van der Waals surface area contributed by atoms with Crippen molar-refractivity contribution in [1.29, 1.82) is 0 Å². The Labute approximate surface area is 124 Å². The van der Waals surface area contributed by atoms with Gasteiger partial charge in [-0.1, -0.05) is 0 Å². The van der Waals surface area contributed by atoms with Gasteiger partial charge in [0.1, 0.15) is 17.8 Å². The van der Waals surface area contributed by atoms with Crippen LogP contribution in [0.25, 0.3) is 0 Å². The zero-order valence-electron chi connectivity index (χ0n) is 10.1. The first kappa shape index (κ1) is 15.0. The summed E-state index contributed by atoms with van der Waals surface area (Å²) >= 11 is 2.89. The van der Waals surface area contributed by atoms with Gasteiger partial charge in [0.25, 0.3) is 0 Å². The topological polar surface area (TPSA) is 98.3 Å². The second-order valence-electron chi connectivity index (χ2n) is 3.94. The predicted octanol–water partition coefficient (Wildman–Crippen LogP) is 2.58. The van der Waals surface area contributed by atoms with E-state index in [0.29, 0.717) is 0 Å². The van der Waals surface area contributed by atoms with E-state index in [4.69, 9.17) is 5.11 Å². The molecule has 2 aromatic rings. The van der Waals surface area contributed by atoms with Crippen molar-refractivity contribution < 1.29 is 23.6 Å². The van der Waals surface area contributed by atoms with Gasteiger partial charge in [0.2, 0.25) is 5.69 Å². The summed E-state index contributed by atoms with van der Waals surface area (Å²) < 4.78 is 28.2. The molecule has 0 aliphatic rings. The minimum absolute atomic E-state index is 0.0130. The molecule has 1 aromatic heterocycles. The molecule has 0 saturated carbocycles. The van der Waals surface area contributed by atoms with Crippen LogP contribution in [0.15, 0.2) is 22.8 Å². The quantitative estimate of drug-likeness (QED) is 0.512. The van der Waals surface area contributed by atoms with Crippen LogP contribution in [0, 0.1) is 21.7 Å². The van der Waals surface area contributed by atoms with E-state index in [0.717, 1.165) is 16.9 Å². The van der Waals surface area contributed by atoms with Crippen LogP contribution >= 0.6 is 15.9 Å². The van der Waals surface area contributed by atoms with E-state index < -0.39 is 46.0 Å². The minimum atomic E-state index is -1.60. The molecule has 0 amide bonds. The number of aromatic nitrogens is 2. The Bertz CT molecular complexity index is 716. The SMILES string of the molecule is O=C(O)c1nn(Cc2c(F)ccc(Br)c2F)cc1[N+](=O)[O-]. The molecule has 1 heterocycles. The fraction of sp³-hybridized carbons (Fsp3) is 0.0909. The second kappa shape index (κ2) is 5.56. The third-order valence-corrected chi connectivity index (χ3v) is 3.21. The van der Waals surface area contributed by atoms with Gasteiger partial charge in [0.05, 0.1) is 15.9 Å². The highest BCUT2D eigenvalue weighted by molar-refractivity contribution is 9.10. The number of rotatable bonds is 4. The van der Waals surface area contributed by atoms with Crippen molar-refractivity contribution in [2.24, 2.45) is 0 Å². The molecule has 0 fully saturated rings. The Morgan fingerprint density at radius 3 is 2.67 bits per heavy atom. The molecule has 0 spiro atoms. The molecule has 110 valence electrons. The third kappa shape index (κ3) is 2.89. The lowest BCUT2D eigenvalue weighted by Crippen LogP contribution is -2.07. The highest BCUT2D eigenvalue weighted by atomic mass is 79.9. The number of carboxylic acids is 1. The Morgan fingerprint density at radius 1 is 1.48 bits per heavy atom. The van der Waals surface area contributed by atoms with Crippen molar-refractivity contribution in [3.05, 3.63) is 55.8 Å². The number of aromatic carboxylic acids is 1. The zero-order chi connectivity index (χ0) is 15.7. The monoisotopic (exact) mass is 361 g/mol. The largest absolute Gasteiger partial charge is 0.476 e. The first-order valence-corrected chi connectivity index (χ1v) is 6.18. The zero-order valence-corrected chi connectivity index (χ0v) is 11.7. The predicted molar refractivity (Wildman–Crippen MR) is 69.0 cm³/mol. The average molecular weight is 362 g/mol. The van der Waals surface area contributed by atoms with E-state index >= 15 is 0 Å². The molecule has 0 aliphatic heterocycles. The van der Waals surface area contributed by atoms with Gasteiger partial charge in [0, 0.05) is 5.56 Å². The number of carbonyl (C=O) groups is 1. The maximum absolute atomic E-state index is 13.8. The van der Waals surface area contributed by atoms with Gasteiger partial charge >= 0.3 is 11.7 Å². The van der Waals surface area contributed by atoms with Crippen LogP contribution in [0.2, 0.25) is 0 Å². The van der Waals surface area contributed by atoms with E-state index in [9.17, 15) is 23.7 Å². The van der Waals surface area contributed by atoms with Gasteiger partial charge in [-0.15, -0.1) is 0 Å². The highest BCUT2D eigenvalue weighted by Gasteiger charge is 2.26. The maximum atomic E-state index is 13.8. The molecule has 0 radical (unpaired) electrons. The molecule has 1 N–H and O–H groups in total. The fourth-order valence-electron chi connectivity index (χ4n) is 1.65. The molecule has 0 saturated heterocycles. The van der Waals surface area contributed by atoms with E-state index in [1.807, 2.05) is 0 Å². The fourth-order valence-corrected chi connectivity index (χ4v) is 2.03. The van der Waals surface area contributed by atoms with Gasteiger partial charge in [-0.3, -0.25) is 14.8 Å². The average Bonchev–Trinajstić information content (AvgIpc) is 2.84. The Balaban J connectivity index is 2.46. The molecule has 0 atom stereocenters. The molecule has 1 aromatic carbocycles. The van der Waals surface area contributed by atoms with E-state index in [1.165, 1.54) is 6.07 Å². The summed E-state index contributed by atoms with van der Waals surface area (Å²) in [5, 5.41) is 23.0. The van der Waals surface area contributed by atoms with E-state index in [2.05, 4.69) is 21.0 Å². The molecular formula is C11H6BrF2N3O4. The van der Waals surface area contributed by atoms with Gasteiger partial charge in [-0.05, 0) is 28.1 Å².